The molecule has 1 nitrogen and oxygen atoms in total. The molecule has 0 heterocycles. The molecule has 0 unspecified atom stereocenters. The molecule has 1 N–H and O–H groups in total. The lowest BCUT2D eigenvalue weighted by atomic mass is 10.3. The molecule has 0 fully saturated rings. The predicted molar refractivity (Wildman–Crippen MR) is 42.5 cm³/mol. The second-order valence-electron chi connectivity index (χ2n) is 1.67. The number of benzene rings is 1. The van der Waals surface area contributed by atoms with Gasteiger partial charge >= 0.3 is 0 Å². The lowest BCUT2D eigenvalue weighted by Crippen LogP contribution is -1.85. The Hall–Kier alpha value is -0.500. The molecule has 0 bridgehead atoms. The van der Waals surface area contributed by atoms with E-state index in [0.717, 1.165) is 10.2 Å². The van der Waals surface area contributed by atoms with Crippen LogP contribution < -0.4 is 5.32 Å². The van der Waals surface area contributed by atoms with Gasteiger partial charge in [0.2, 0.25) is 0 Å². The van der Waals surface area contributed by atoms with Crippen LogP contribution in [-0.2, 0) is 0 Å². The summed E-state index contributed by atoms with van der Waals surface area (Å²) in [5, 5.41) is 2.98. The van der Waals surface area contributed by atoms with Crippen LogP contribution in [-0.4, -0.2) is 7.05 Å². The van der Waals surface area contributed by atoms with Gasteiger partial charge in [0.25, 0.3) is 0 Å². The van der Waals surface area contributed by atoms with Gasteiger partial charge in [0.15, 0.2) is 0 Å². The maximum Gasteiger partial charge on any atom is 0.0418 e. The summed E-state index contributed by atoms with van der Waals surface area (Å²) < 4.78 is 1.06. The minimum absolute atomic E-state index is 1.01. The van der Waals surface area contributed by atoms with Gasteiger partial charge in [-0.2, -0.15) is 0 Å². The van der Waals surface area contributed by atoms with Crippen molar-refractivity contribution in [2.75, 3.05) is 12.4 Å². The topological polar surface area (TPSA) is 12.0 Å². The van der Waals surface area contributed by atoms with E-state index in [4.69, 9.17) is 0 Å². The molecule has 1 aromatic carbocycles. The Labute approximate surface area is 63.2 Å². The SMILES string of the molecule is CNc1[c]cc(Br)cc1. The molecule has 9 heavy (non-hydrogen) atoms. The summed E-state index contributed by atoms with van der Waals surface area (Å²) >= 11 is 3.32. The van der Waals surface area contributed by atoms with E-state index in [9.17, 15) is 0 Å². The maximum atomic E-state index is 3.32. The number of halogens is 1. The van der Waals surface area contributed by atoms with Gasteiger partial charge in [0, 0.05) is 23.3 Å². The molecule has 2 heteroatoms. The van der Waals surface area contributed by atoms with Crippen LogP contribution in [0.4, 0.5) is 5.69 Å². The van der Waals surface area contributed by atoms with Crippen molar-refractivity contribution >= 4 is 21.6 Å². The standard InChI is InChI=1S/C7H7BrN/c1-9-7-4-2-6(8)3-5-7/h2-4,9H,1H3. The molecule has 0 amide bonds. The van der Waals surface area contributed by atoms with Gasteiger partial charge < -0.3 is 5.32 Å². The number of hydrogen-bond donors (Lipinski definition) is 1. The smallest absolute Gasteiger partial charge is 0.0418 e. The van der Waals surface area contributed by atoms with Crippen LogP contribution in [0.1, 0.15) is 0 Å². The number of hydrogen-bond acceptors (Lipinski definition) is 1. The summed E-state index contributed by atoms with van der Waals surface area (Å²) in [6.07, 6.45) is 0. The van der Waals surface area contributed by atoms with Crippen molar-refractivity contribution in [1.82, 2.24) is 0 Å². The van der Waals surface area contributed by atoms with Crippen LogP contribution in [0, 0.1) is 6.07 Å². The van der Waals surface area contributed by atoms with Crippen LogP contribution in [0.5, 0.6) is 0 Å². The molecule has 1 radical (unpaired) electrons. The Bertz CT molecular complexity index is 181. The predicted octanol–water partition coefficient (Wildman–Crippen LogP) is 2.29. The zero-order chi connectivity index (χ0) is 6.69. The van der Waals surface area contributed by atoms with E-state index < -0.39 is 0 Å². The number of rotatable bonds is 1. The normalized spacial score (nSPS) is 9.11. The van der Waals surface area contributed by atoms with E-state index in [0.29, 0.717) is 0 Å². The lowest BCUT2D eigenvalue weighted by molar-refractivity contribution is 1.49. The largest absolute Gasteiger partial charge is 0.388 e. The molecular weight excluding hydrogens is 178 g/mol. The molecule has 0 aliphatic carbocycles. The number of nitrogens with one attached hydrogen (secondary N) is 1. The van der Waals surface area contributed by atoms with Crippen molar-refractivity contribution in [2.45, 2.75) is 0 Å². The Balaban J connectivity index is 2.88. The van der Waals surface area contributed by atoms with Crippen molar-refractivity contribution in [3.8, 4) is 0 Å². The van der Waals surface area contributed by atoms with E-state index in [2.05, 4.69) is 27.3 Å². The summed E-state index contributed by atoms with van der Waals surface area (Å²) in [6.45, 7) is 0. The fourth-order valence-electron chi connectivity index (χ4n) is 0.561. The monoisotopic (exact) mass is 184 g/mol. The molecule has 1 rings (SSSR count). The second kappa shape index (κ2) is 2.87. The van der Waals surface area contributed by atoms with Crippen molar-refractivity contribution in [1.29, 1.82) is 0 Å². The first-order valence-corrected chi connectivity index (χ1v) is 3.47. The fourth-order valence-corrected chi connectivity index (χ4v) is 0.808. The molecular formula is C7H7BrN. The van der Waals surface area contributed by atoms with Crippen LogP contribution in [0.15, 0.2) is 22.7 Å². The summed E-state index contributed by atoms with van der Waals surface area (Å²) in [7, 11) is 1.87. The Morgan fingerprint density at radius 3 is 2.78 bits per heavy atom. The van der Waals surface area contributed by atoms with Crippen LogP contribution in [0.25, 0.3) is 0 Å². The Kier molecular flexibility index (Phi) is 2.11. The van der Waals surface area contributed by atoms with E-state index >= 15 is 0 Å². The average Bonchev–Trinajstić information content (AvgIpc) is 1.90. The van der Waals surface area contributed by atoms with Crippen molar-refractivity contribution < 1.29 is 0 Å². The second-order valence-corrected chi connectivity index (χ2v) is 2.59. The Morgan fingerprint density at radius 2 is 2.33 bits per heavy atom. The quantitative estimate of drug-likeness (QED) is 0.707. The molecule has 0 aromatic heterocycles. The van der Waals surface area contributed by atoms with Crippen molar-refractivity contribution in [2.24, 2.45) is 0 Å². The highest BCUT2D eigenvalue weighted by atomic mass is 79.9. The highest BCUT2D eigenvalue weighted by Crippen LogP contribution is 2.12. The molecule has 0 saturated carbocycles. The van der Waals surface area contributed by atoms with E-state index in [1.807, 2.05) is 25.2 Å². The number of anilines is 1. The molecule has 0 atom stereocenters. The van der Waals surface area contributed by atoms with Crippen LogP contribution in [0.3, 0.4) is 0 Å². The highest BCUT2D eigenvalue weighted by molar-refractivity contribution is 9.10. The fraction of sp³-hybridized carbons (Fsp3) is 0.143. The van der Waals surface area contributed by atoms with Crippen molar-refractivity contribution in [3.05, 3.63) is 28.7 Å². The van der Waals surface area contributed by atoms with Crippen LogP contribution in [0.2, 0.25) is 0 Å². The Morgan fingerprint density at radius 1 is 1.56 bits per heavy atom. The first-order valence-electron chi connectivity index (χ1n) is 2.68. The third-order valence-corrected chi connectivity index (χ3v) is 1.54. The van der Waals surface area contributed by atoms with Crippen molar-refractivity contribution in [3.63, 3.8) is 0 Å². The van der Waals surface area contributed by atoms with Gasteiger partial charge in [0.1, 0.15) is 0 Å². The summed E-state index contributed by atoms with van der Waals surface area (Å²) in [4.78, 5) is 0. The molecule has 0 saturated heterocycles. The van der Waals surface area contributed by atoms with E-state index in [1.165, 1.54) is 0 Å². The zero-order valence-corrected chi connectivity index (χ0v) is 6.70. The lowest BCUT2D eigenvalue weighted by Gasteiger charge is -1.95. The third kappa shape index (κ3) is 1.72. The van der Waals surface area contributed by atoms with Gasteiger partial charge in [-0.1, -0.05) is 15.9 Å². The first-order chi connectivity index (χ1) is 4.33. The van der Waals surface area contributed by atoms with E-state index in [1.54, 1.807) is 0 Å². The molecule has 0 spiro atoms. The minimum atomic E-state index is 1.01. The van der Waals surface area contributed by atoms with E-state index in [-0.39, 0.29) is 0 Å². The highest BCUT2D eigenvalue weighted by Gasteiger charge is 1.85. The van der Waals surface area contributed by atoms with Gasteiger partial charge in [0.05, 0.1) is 0 Å². The molecule has 0 aliphatic rings. The van der Waals surface area contributed by atoms with Crippen LogP contribution >= 0.6 is 15.9 Å². The summed E-state index contributed by atoms with van der Waals surface area (Å²) in [5.41, 5.74) is 1.01. The third-order valence-electron chi connectivity index (χ3n) is 1.04. The summed E-state index contributed by atoms with van der Waals surface area (Å²) in [5.74, 6) is 0. The van der Waals surface area contributed by atoms with Gasteiger partial charge in [-0.25, -0.2) is 0 Å². The maximum absolute atomic E-state index is 3.32. The first kappa shape index (κ1) is 6.62. The average molecular weight is 185 g/mol. The molecule has 0 aliphatic heterocycles. The van der Waals surface area contributed by atoms with Gasteiger partial charge in [-0.05, 0) is 18.2 Å². The van der Waals surface area contributed by atoms with Gasteiger partial charge in [-0.3, -0.25) is 0 Å². The zero-order valence-electron chi connectivity index (χ0n) is 5.11. The molecule has 1 aromatic rings. The van der Waals surface area contributed by atoms with Gasteiger partial charge in [-0.15, -0.1) is 0 Å². The summed E-state index contributed by atoms with van der Waals surface area (Å²) in [6, 6.07) is 8.85. The minimum Gasteiger partial charge on any atom is -0.388 e. The molecule has 47 valence electrons.